The van der Waals surface area contributed by atoms with Gasteiger partial charge in [0.05, 0.1) is 17.1 Å². The van der Waals surface area contributed by atoms with Gasteiger partial charge in [0, 0.05) is 43.7 Å². The molecule has 0 saturated carbocycles. The Labute approximate surface area is 174 Å². The normalized spacial score (nSPS) is 15.0. The Balaban J connectivity index is 1.31. The van der Waals surface area contributed by atoms with Crippen LogP contribution in [0.1, 0.15) is 11.3 Å². The van der Waals surface area contributed by atoms with Gasteiger partial charge < -0.3 is 4.90 Å². The fourth-order valence-electron chi connectivity index (χ4n) is 3.41. The van der Waals surface area contributed by atoms with E-state index in [9.17, 15) is 4.79 Å². The van der Waals surface area contributed by atoms with Crippen molar-refractivity contribution in [1.82, 2.24) is 14.8 Å². The summed E-state index contributed by atoms with van der Waals surface area (Å²) in [5, 5.41) is 3.51. The van der Waals surface area contributed by atoms with E-state index >= 15 is 0 Å². The highest BCUT2D eigenvalue weighted by molar-refractivity contribution is 7.13. The summed E-state index contributed by atoms with van der Waals surface area (Å²) in [6.45, 7) is 4.29. The number of hydrogen-bond acceptors (Lipinski definition) is 4. The molecule has 0 spiro atoms. The number of benzene rings is 2. The molecule has 3 aromatic rings. The minimum absolute atomic E-state index is 0.148. The van der Waals surface area contributed by atoms with Crippen molar-refractivity contribution in [3.05, 3.63) is 76.3 Å². The van der Waals surface area contributed by atoms with Gasteiger partial charge >= 0.3 is 0 Å². The summed E-state index contributed by atoms with van der Waals surface area (Å²) >= 11 is 7.79. The van der Waals surface area contributed by atoms with Crippen molar-refractivity contribution >= 4 is 28.8 Å². The van der Waals surface area contributed by atoms with Crippen LogP contribution in [0, 0.1) is 0 Å². The second-order valence-electron chi connectivity index (χ2n) is 6.94. The van der Waals surface area contributed by atoms with E-state index in [2.05, 4.69) is 34.1 Å². The number of halogens is 1. The van der Waals surface area contributed by atoms with Gasteiger partial charge in [0.2, 0.25) is 5.91 Å². The zero-order valence-corrected chi connectivity index (χ0v) is 17.1. The quantitative estimate of drug-likeness (QED) is 0.626. The fourth-order valence-corrected chi connectivity index (χ4v) is 4.55. The monoisotopic (exact) mass is 411 g/mol. The number of amides is 1. The second-order valence-corrected chi connectivity index (χ2v) is 8.21. The number of nitrogens with zero attached hydrogens (tertiary/aromatic N) is 3. The number of carbonyl (C=O) groups is 1. The SMILES string of the molecule is O=C(Cc1csc(-c2ccccc2Cl)n1)N1CCN(Cc2ccccc2)CC1. The zero-order chi connectivity index (χ0) is 19.3. The van der Waals surface area contributed by atoms with Gasteiger partial charge in [-0.3, -0.25) is 9.69 Å². The molecule has 6 heteroatoms. The van der Waals surface area contributed by atoms with Crippen molar-refractivity contribution in [2.24, 2.45) is 0 Å². The van der Waals surface area contributed by atoms with E-state index in [-0.39, 0.29) is 5.91 Å². The van der Waals surface area contributed by atoms with Gasteiger partial charge in [-0.15, -0.1) is 11.3 Å². The molecule has 144 valence electrons. The van der Waals surface area contributed by atoms with E-state index in [1.54, 1.807) is 0 Å². The Morgan fingerprint density at radius 3 is 2.46 bits per heavy atom. The van der Waals surface area contributed by atoms with Crippen molar-refractivity contribution in [1.29, 1.82) is 0 Å². The van der Waals surface area contributed by atoms with Gasteiger partial charge in [0.25, 0.3) is 0 Å². The van der Waals surface area contributed by atoms with Crippen LogP contribution in [0.5, 0.6) is 0 Å². The van der Waals surface area contributed by atoms with Crippen molar-refractivity contribution < 1.29 is 4.79 Å². The van der Waals surface area contributed by atoms with Crippen LogP contribution in [-0.2, 0) is 17.8 Å². The molecule has 0 aliphatic carbocycles. The third-order valence-corrected chi connectivity index (χ3v) is 6.22. The van der Waals surface area contributed by atoms with Crippen molar-refractivity contribution in [3.63, 3.8) is 0 Å². The molecule has 4 rings (SSSR count). The van der Waals surface area contributed by atoms with Gasteiger partial charge in [-0.05, 0) is 11.6 Å². The summed E-state index contributed by atoms with van der Waals surface area (Å²) in [7, 11) is 0. The van der Waals surface area contributed by atoms with Crippen LogP contribution in [0.15, 0.2) is 60.0 Å². The molecular formula is C22H22ClN3OS. The molecule has 1 amide bonds. The van der Waals surface area contributed by atoms with Crippen molar-refractivity contribution in [2.75, 3.05) is 26.2 Å². The van der Waals surface area contributed by atoms with Gasteiger partial charge in [0.15, 0.2) is 0 Å². The molecule has 1 aliphatic rings. The molecule has 2 heterocycles. The summed E-state index contributed by atoms with van der Waals surface area (Å²) in [6, 6.07) is 18.1. The summed E-state index contributed by atoms with van der Waals surface area (Å²) < 4.78 is 0. The highest BCUT2D eigenvalue weighted by Gasteiger charge is 2.22. The van der Waals surface area contributed by atoms with E-state index in [1.807, 2.05) is 40.6 Å². The largest absolute Gasteiger partial charge is 0.340 e. The number of hydrogen-bond donors (Lipinski definition) is 0. The Kier molecular flexibility index (Phi) is 6.05. The first kappa shape index (κ1) is 19.1. The van der Waals surface area contributed by atoms with Crippen LogP contribution >= 0.6 is 22.9 Å². The minimum atomic E-state index is 0.148. The number of rotatable bonds is 5. The first-order valence-corrected chi connectivity index (χ1v) is 10.7. The first-order valence-electron chi connectivity index (χ1n) is 9.42. The van der Waals surface area contributed by atoms with Crippen molar-refractivity contribution in [2.45, 2.75) is 13.0 Å². The molecule has 0 atom stereocenters. The van der Waals surface area contributed by atoms with Crippen LogP contribution in [0.25, 0.3) is 10.6 Å². The van der Waals surface area contributed by atoms with E-state index in [0.29, 0.717) is 11.4 Å². The fraction of sp³-hybridized carbons (Fsp3) is 0.273. The first-order chi connectivity index (χ1) is 13.7. The Morgan fingerprint density at radius 1 is 1.00 bits per heavy atom. The Morgan fingerprint density at radius 2 is 1.71 bits per heavy atom. The lowest BCUT2D eigenvalue weighted by molar-refractivity contribution is -0.132. The van der Waals surface area contributed by atoms with Gasteiger partial charge in [-0.25, -0.2) is 4.98 Å². The lowest BCUT2D eigenvalue weighted by Gasteiger charge is -2.34. The predicted octanol–water partition coefficient (Wildman–Crippen LogP) is 4.35. The number of piperazine rings is 1. The summed E-state index contributed by atoms with van der Waals surface area (Å²) in [5.74, 6) is 0.148. The molecule has 0 bridgehead atoms. The molecule has 1 saturated heterocycles. The Bertz CT molecular complexity index is 936. The van der Waals surface area contributed by atoms with E-state index in [1.165, 1.54) is 16.9 Å². The maximum absolute atomic E-state index is 12.7. The molecule has 0 N–H and O–H groups in total. The lowest BCUT2D eigenvalue weighted by atomic mass is 10.2. The van der Waals surface area contributed by atoms with Crippen molar-refractivity contribution in [3.8, 4) is 10.6 Å². The number of aromatic nitrogens is 1. The highest BCUT2D eigenvalue weighted by atomic mass is 35.5. The lowest BCUT2D eigenvalue weighted by Crippen LogP contribution is -2.48. The number of carbonyl (C=O) groups excluding carboxylic acids is 1. The van der Waals surface area contributed by atoms with Crippen LogP contribution in [0.3, 0.4) is 0 Å². The molecule has 2 aromatic carbocycles. The molecule has 0 unspecified atom stereocenters. The van der Waals surface area contributed by atoms with Crippen LogP contribution in [0.2, 0.25) is 5.02 Å². The maximum Gasteiger partial charge on any atom is 0.228 e. The smallest absolute Gasteiger partial charge is 0.228 e. The molecule has 1 aliphatic heterocycles. The molecular weight excluding hydrogens is 390 g/mol. The molecule has 0 radical (unpaired) electrons. The third kappa shape index (κ3) is 4.61. The number of thiazole rings is 1. The van der Waals surface area contributed by atoms with Gasteiger partial charge in [0.1, 0.15) is 5.01 Å². The van der Waals surface area contributed by atoms with Crippen LogP contribution in [-0.4, -0.2) is 46.9 Å². The average molecular weight is 412 g/mol. The third-order valence-electron chi connectivity index (χ3n) is 4.96. The summed E-state index contributed by atoms with van der Waals surface area (Å²) in [4.78, 5) is 21.7. The van der Waals surface area contributed by atoms with E-state index in [0.717, 1.165) is 49.0 Å². The average Bonchev–Trinajstić information content (AvgIpc) is 3.18. The Hall–Kier alpha value is -2.21. The second kappa shape index (κ2) is 8.86. The topological polar surface area (TPSA) is 36.4 Å². The predicted molar refractivity (Wildman–Crippen MR) is 115 cm³/mol. The minimum Gasteiger partial charge on any atom is -0.340 e. The van der Waals surface area contributed by atoms with E-state index < -0.39 is 0 Å². The molecule has 1 fully saturated rings. The summed E-state index contributed by atoms with van der Waals surface area (Å²) in [5.41, 5.74) is 3.05. The highest BCUT2D eigenvalue weighted by Crippen LogP contribution is 2.30. The van der Waals surface area contributed by atoms with Gasteiger partial charge in [-0.2, -0.15) is 0 Å². The van der Waals surface area contributed by atoms with E-state index in [4.69, 9.17) is 11.6 Å². The molecule has 1 aromatic heterocycles. The van der Waals surface area contributed by atoms with Crippen LogP contribution < -0.4 is 0 Å². The van der Waals surface area contributed by atoms with Gasteiger partial charge in [-0.1, -0.05) is 60.1 Å². The molecule has 4 nitrogen and oxygen atoms in total. The van der Waals surface area contributed by atoms with Crippen LogP contribution in [0.4, 0.5) is 0 Å². The molecule has 28 heavy (non-hydrogen) atoms. The standard InChI is InChI=1S/C22H22ClN3OS/c23-20-9-5-4-8-19(20)22-24-18(16-28-22)14-21(27)26-12-10-25(11-13-26)15-17-6-2-1-3-7-17/h1-9,16H,10-15H2. The maximum atomic E-state index is 12.7. The summed E-state index contributed by atoms with van der Waals surface area (Å²) in [6.07, 6.45) is 0.347. The zero-order valence-electron chi connectivity index (χ0n) is 15.6.